The summed E-state index contributed by atoms with van der Waals surface area (Å²) < 4.78 is 0. The second kappa shape index (κ2) is 6.64. The van der Waals surface area contributed by atoms with Crippen LogP contribution in [0, 0.1) is 13.8 Å². The lowest BCUT2D eigenvalue weighted by molar-refractivity contribution is -0.118. The number of nitrogens with one attached hydrogen (secondary N) is 1. The van der Waals surface area contributed by atoms with Crippen LogP contribution in [-0.2, 0) is 4.79 Å². The molecule has 5 heteroatoms. The summed E-state index contributed by atoms with van der Waals surface area (Å²) in [6.45, 7) is 6.59. The molecule has 1 aromatic carbocycles. The predicted molar refractivity (Wildman–Crippen MR) is 87.8 cm³/mol. The van der Waals surface area contributed by atoms with E-state index in [0.29, 0.717) is 12.1 Å². The zero-order valence-corrected chi connectivity index (χ0v) is 13.4. The molecule has 22 heavy (non-hydrogen) atoms. The number of aromatic nitrogens is 1. The third kappa shape index (κ3) is 3.30. The van der Waals surface area contributed by atoms with Gasteiger partial charge in [0.2, 0.25) is 5.91 Å². The van der Waals surface area contributed by atoms with E-state index in [0.717, 1.165) is 35.0 Å². The minimum atomic E-state index is -0.487. The standard InChI is InChI=1S/C17H23N3O2/c1-4-5-8-20(10-16(18)21)17(22)13-6-7-15-14(9-13)11(2)12(3)19-15/h6-7,9,19H,4-5,8,10H2,1-3H3,(H2,18,21). The number of aryl methyl sites for hydroxylation is 2. The zero-order chi connectivity index (χ0) is 16.3. The Balaban J connectivity index is 2.32. The highest BCUT2D eigenvalue weighted by molar-refractivity contribution is 6.00. The SMILES string of the molecule is CCCCN(CC(N)=O)C(=O)c1ccc2[nH]c(C)c(C)c2c1. The van der Waals surface area contributed by atoms with Gasteiger partial charge in [0, 0.05) is 28.7 Å². The number of hydrogen-bond donors (Lipinski definition) is 2. The summed E-state index contributed by atoms with van der Waals surface area (Å²) >= 11 is 0. The average molecular weight is 301 g/mol. The summed E-state index contributed by atoms with van der Waals surface area (Å²) in [5.74, 6) is -0.633. The first kappa shape index (κ1) is 16.1. The summed E-state index contributed by atoms with van der Waals surface area (Å²) in [6, 6.07) is 5.58. The van der Waals surface area contributed by atoms with Crippen LogP contribution < -0.4 is 5.73 Å². The van der Waals surface area contributed by atoms with Gasteiger partial charge in [0.25, 0.3) is 5.91 Å². The van der Waals surface area contributed by atoms with Crippen LogP contribution in [0.5, 0.6) is 0 Å². The summed E-state index contributed by atoms with van der Waals surface area (Å²) in [7, 11) is 0. The van der Waals surface area contributed by atoms with Gasteiger partial charge in [0.15, 0.2) is 0 Å². The van der Waals surface area contributed by atoms with Gasteiger partial charge < -0.3 is 15.6 Å². The van der Waals surface area contributed by atoms with E-state index in [1.165, 1.54) is 4.90 Å². The molecule has 0 saturated heterocycles. The Morgan fingerprint density at radius 3 is 2.64 bits per heavy atom. The number of carbonyl (C=O) groups excluding carboxylic acids is 2. The van der Waals surface area contributed by atoms with Gasteiger partial charge in [-0.15, -0.1) is 0 Å². The number of aromatic amines is 1. The van der Waals surface area contributed by atoms with E-state index >= 15 is 0 Å². The highest BCUT2D eigenvalue weighted by atomic mass is 16.2. The molecule has 0 aliphatic rings. The van der Waals surface area contributed by atoms with E-state index in [1.54, 1.807) is 6.07 Å². The second-order valence-corrected chi connectivity index (χ2v) is 5.68. The van der Waals surface area contributed by atoms with Crippen molar-refractivity contribution in [1.82, 2.24) is 9.88 Å². The van der Waals surface area contributed by atoms with Crippen LogP contribution in [0.4, 0.5) is 0 Å². The lowest BCUT2D eigenvalue weighted by atomic mass is 10.1. The number of primary amides is 1. The van der Waals surface area contributed by atoms with Gasteiger partial charge in [-0.25, -0.2) is 0 Å². The third-order valence-electron chi connectivity index (χ3n) is 3.97. The van der Waals surface area contributed by atoms with E-state index < -0.39 is 5.91 Å². The third-order valence-corrected chi connectivity index (χ3v) is 3.97. The van der Waals surface area contributed by atoms with Crippen molar-refractivity contribution in [3.05, 3.63) is 35.0 Å². The molecule has 1 heterocycles. The number of hydrogen-bond acceptors (Lipinski definition) is 2. The molecule has 0 radical (unpaired) electrons. The van der Waals surface area contributed by atoms with Gasteiger partial charge >= 0.3 is 0 Å². The van der Waals surface area contributed by atoms with Crippen LogP contribution in [0.2, 0.25) is 0 Å². The molecule has 0 bridgehead atoms. The van der Waals surface area contributed by atoms with Crippen molar-refractivity contribution >= 4 is 22.7 Å². The molecule has 0 saturated carbocycles. The molecule has 1 aromatic heterocycles. The normalized spacial score (nSPS) is 10.9. The Labute approximate surface area is 130 Å². The molecule has 3 N–H and O–H groups in total. The molecule has 2 aromatic rings. The summed E-state index contributed by atoms with van der Waals surface area (Å²) in [5, 5.41) is 1.04. The minimum absolute atomic E-state index is 0.0397. The highest BCUT2D eigenvalue weighted by Gasteiger charge is 2.18. The fourth-order valence-corrected chi connectivity index (χ4v) is 2.57. The zero-order valence-electron chi connectivity index (χ0n) is 13.4. The average Bonchev–Trinajstić information content (AvgIpc) is 2.77. The summed E-state index contributed by atoms with van der Waals surface area (Å²) in [6.07, 6.45) is 1.81. The van der Waals surface area contributed by atoms with Crippen LogP contribution in [-0.4, -0.2) is 34.8 Å². The molecule has 0 aliphatic heterocycles. The van der Waals surface area contributed by atoms with Crippen LogP contribution >= 0.6 is 0 Å². The molecular weight excluding hydrogens is 278 g/mol. The van der Waals surface area contributed by atoms with Crippen molar-refractivity contribution in [2.45, 2.75) is 33.6 Å². The number of nitrogens with zero attached hydrogens (tertiary/aromatic N) is 1. The van der Waals surface area contributed by atoms with Crippen molar-refractivity contribution < 1.29 is 9.59 Å². The first-order chi connectivity index (χ1) is 10.4. The molecule has 2 amide bonds. The minimum Gasteiger partial charge on any atom is -0.368 e. The quantitative estimate of drug-likeness (QED) is 0.859. The molecule has 2 rings (SSSR count). The maximum atomic E-state index is 12.7. The molecule has 0 spiro atoms. The van der Waals surface area contributed by atoms with Crippen LogP contribution in [0.25, 0.3) is 10.9 Å². The fraction of sp³-hybridized carbons (Fsp3) is 0.412. The number of amides is 2. The summed E-state index contributed by atoms with van der Waals surface area (Å²) in [5.41, 5.74) is 9.10. The van der Waals surface area contributed by atoms with E-state index in [1.807, 2.05) is 32.9 Å². The molecule has 118 valence electrons. The Kier molecular flexibility index (Phi) is 4.85. The Bertz CT molecular complexity index is 703. The van der Waals surface area contributed by atoms with Crippen LogP contribution in [0.1, 0.15) is 41.4 Å². The lowest BCUT2D eigenvalue weighted by Gasteiger charge is -2.21. The molecule has 0 unspecified atom stereocenters. The Morgan fingerprint density at radius 1 is 1.27 bits per heavy atom. The first-order valence-electron chi connectivity index (χ1n) is 7.60. The number of rotatable bonds is 6. The first-order valence-corrected chi connectivity index (χ1v) is 7.60. The van der Waals surface area contributed by atoms with Gasteiger partial charge in [-0.1, -0.05) is 13.3 Å². The number of nitrogens with two attached hydrogens (primary N) is 1. The Morgan fingerprint density at radius 2 is 2.00 bits per heavy atom. The molecular formula is C17H23N3O2. The van der Waals surface area contributed by atoms with E-state index in [-0.39, 0.29) is 12.5 Å². The monoisotopic (exact) mass is 301 g/mol. The van der Waals surface area contributed by atoms with Gasteiger partial charge in [-0.3, -0.25) is 9.59 Å². The fourth-order valence-electron chi connectivity index (χ4n) is 2.57. The highest BCUT2D eigenvalue weighted by Crippen LogP contribution is 2.23. The van der Waals surface area contributed by atoms with Gasteiger partial charge in [-0.05, 0) is 44.0 Å². The molecule has 0 aliphatic carbocycles. The van der Waals surface area contributed by atoms with Gasteiger partial charge in [0.05, 0.1) is 6.54 Å². The van der Waals surface area contributed by atoms with Crippen molar-refractivity contribution in [2.24, 2.45) is 5.73 Å². The topological polar surface area (TPSA) is 79.2 Å². The number of H-pyrrole nitrogens is 1. The number of fused-ring (bicyclic) bond motifs is 1. The smallest absolute Gasteiger partial charge is 0.254 e. The maximum absolute atomic E-state index is 12.7. The largest absolute Gasteiger partial charge is 0.368 e. The second-order valence-electron chi connectivity index (χ2n) is 5.68. The molecule has 5 nitrogen and oxygen atoms in total. The predicted octanol–water partition coefficient (Wildman–Crippen LogP) is 2.51. The van der Waals surface area contributed by atoms with Crippen LogP contribution in [0.15, 0.2) is 18.2 Å². The number of unbranched alkanes of at least 4 members (excludes halogenated alkanes) is 1. The lowest BCUT2D eigenvalue weighted by Crippen LogP contribution is -2.39. The molecule has 0 fully saturated rings. The van der Waals surface area contributed by atoms with Crippen LogP contribution in [0.3, 0.4) is 0 Å². The van der Waals surface area contributed by atoms with E-state index in [4.69, 9.17) is 5.73 Å². The summed E-state index contributed by atoms with van der Waals surface area (Å²) in [4.78, 5) is 28.7. The van der Waals surface area contributed by atoms with Crippen molar-refractivity contribution in [3.63, 3.8) is 0 Å². The number of carbonyl (C=O) groups is 2. The van der Waals surface area contributed by atoms with Crippen molar-refractivity contribution in [1.29, 1.82) is 0 Å². The van der Waals surface area contributed by atoms with Crippen molar-refractivity contribution in [2.75, 3.05) is 13.1 Å². The van der Waals surface area contributed by atoms with Gasteiger partial charge in [0.1, 0.15) is 0 Å². The number of benzene rings is 1. The van der Waals surface area contributed by atoms with Crippen molar-refractivity contribution in [3.8, 4) is 0 Å². The van der Waals surface area contributed by atoms with Gasteiger partial charge in [-0.2, -0.15) is 0 Å². The maximum Gasteiger partial charge on any atom is 0.254 e. The molecule has 0 atom stereocenters. The van der Waals surface area contributed by atoms with E-state index in [2.05, 4.69) is 4.98 Å². The van der Waals surface area contributed by atoms with E-state index in [9.17, 15) is 9.59 Å². The Hall–Kier alpha value is -2.30.